The third-order valence-electron chi connectivity index (χ3n) is 5.17. The topological polar surface area (TPSA) is 28.4 Å². The van der Waals surface area contributed by atoms with E-state index in [1.54, 1.807) is 0 Å². The van der Waals surface area contributed by atoms with E-state index in [1.807, 2.05) is 42.6 Å². The van der Waals surface area contributed by atoms with Crippen LogP contribution in [0.25, 0.3) is 0 Å². The zero-order valence-corrected chi connectivity index (χ0v) is 16.6. The summed E-state index contributed by atoms with van der Waals surface area (Å²) in [6.45, 7) is 10.3. The molecule has 3 unspecified atom stereocenters. The molecule has 2 aromatic rings. The van der Waals surface area contributed by atoms with Crippen LogP contribution in [0.4, 0.5) is 0 Å². The first-order valence-electron chi connectivity index (χ1n) is 9.29. The van der Waals surface area contributed by atoms with E-state index in [0.29, 0.717) is 18.6 Å². The minimum absolute atomic E-state index is 0.462. The third kappa shape index (κ3) is 5.34. The molecule has 0 bridgehead atoms. The van der Waals surface area contributed by atoms with Crippen molar-refractivity contribution in [2.24, 2.45) is 0 Å². The molecule has 3 nitrogen and oxygen atoms in total. The normalized spacial score (nSPS) is 15.3. The Morgan fingerprint density at radius 2 is 1.64 bits per heavy atom. The Kier molecular flexibility index (Phi) is 7.55. The molecule has 1 heterocycles. The van der Waals surface area contributed by atoms with Crippen LogP contribution in [0.15, 0.2) is 42.6 Å². The molecule has 0 saturated heterocycles. The Hall–Kier alpha value is -1.29. The van der Waals surface area contributed by atoms with Crippen LogP contribution in [0.2, 0.25) is 5.02 Å². The van der Waals surface area contributed by atoms with Crippen molar-refractivity contribution in [3.63, 3.8) is 0 Å². The molecule has 2 rings (SSSR count). The maximum atomic E-state index is 10.9. The molecule has 4 heteroatoms. The molecule has 1 N–H and O–H groups in total. The van der Waals surface area contributed by atoms with E-state index in [-0.39, 0.29) is 0 Å². The van der Waals surface area contributed by atoms with E-state index in [2.05, 4.69) is 37.2 Å². The van der Waals surface area contributed by atoms with Crippen LogP contribution >= 0.6 is 11.6 Å². The van der Waals surface area contributed by atoms with Crippen molar-refractivity contribution in [2.45, 2.75) is 65.3 Å². The average molecular weight is 363 g/mol. The van der Waals surface area contributed by atoms with Gasteiger partial charge in [0.1, 0.15) is 6.10 Å². The van der Waals surface area contributed by atoms with Crippen molar-refractivity contribution in [1.29, 1.82) is 0 Å². The smallest absolute Gasteiger partial charge is 0.107 e. The van der Waals surface area contributed by atoms with E-state index in [4.69, 9.17) is 11.6 Å². The van der Waals surface area contributed by atoms with E-state index in [1.165, 1.54) is 5.56 Å². The summed E-state index contributed by atoms with van der Waals surface area (Å²) in [6, 6.07) is 12.8. The predicted octanol–water partition coefficient (Wildman–Crippen LogP) is 5.12. The number of aliphatic hydroxyl groups excluding tert-OH is 1. The van der Waals surface area contributed by atoms with Gasteiger partial charge in [0.25, 0.3) is 0 Å². The highest BCUT2D eigenvalue weighted by atomic mass is 35.5. The fraction of sp³-hybridized carbons (Fsp3) is 0.524. The van der Waals surface area contributed by atoms with Gasteiger partial charge in [-0.1, -0.05) is 37.6 Å². The molecule has 0 spiro atoms. The highest BCUT2D eigenvalue weighted by molar-refractivity contribution is 6.30. The number of nitrogens with zero attached hydrogens (tertiary/aromatic N) is 2. The average Bonchev–Trinajstić information content (AvgIpc) is 3.08. The molecule has 0 aliphatic carbocycles. The summed E-state index contributed by atoms with van der Waals surface area (Å²) < 4.78 is 2.12. The van der Waals surface area contributed by atoms with Gasteiger partial charge in [0, 0.05) is 42.1 Å². The SMILES string of the molecule is CCC(C)N(CC(O)c1cccn1Cc1ccc(Cl)cc1)C(C)CC. The first kappa shape index (κ1) is 20.0. The lowest BCUT2D eigenvalue weighted by atomic mass is 10.1. The summed E-state index contributed by atoms with van der Waals surface area (Å²) in [5.41, 5.74) is 2.14. The minimum atomic E-state index is -0.495. The van der Waals surface area contributed by atoms with Crippen LogP contribution in [-0.4, -0.2) is 33.2 Å². The van der Waals surface area contributed by atoms with Gasteiger partial charge in [-0.15, -0.1) is 0 Å². The lowest BCUT2D eigenvalue weighted by Crippen LogP contribution is -2.42. The second kappa shape index (κ2) is 9.42. The number of rotatable bonds is 9. The lowest BCUT2D eigenvalue weighted by molar-refractivity contribution is 0.0590. The summed E-state index contributed by atoms with van der Waals surface area (Å²) in [6.07, 6.45) is 3.71. The Morgan fingerprint density at radius 3 is 2.20 bits per heavy atom. The summed E-state index contributed by atoms with van der Waals surface area (Å²) in [4.78, 5) is 2.42. The van der Waals surface area contributed by atoms with Gasteiger partial charge in [-0.05, 0) is 56.5 Å². The minimum Gasteiger partial charge on any atom is -0.386 e. The second-order valence-electron chi connectivity index (χ2n) is 6.91. The monoisotopic (exact) mass is 362 g/mol. The summed E-state index contributed by atoms with van der Waals surface area (Å²) in [5, 5.41) is 11.6. The zero-order valence-electron chi connectivity index (χ0n) is 15.8. The Morgan fingerprint density at radius 1 is 1.04 bits per heavy atom. The van der Waals surface area contributed by atoms with Gasteiger partial charge in [-0.2, -0.15) is 0 Å². The van der Waals surface area contributed by atoms with Crippen LogP contribution in [0, 0.1) is 0 Å². The van der Waals surface area contributed by atoms with E-state index >= 15 is 0 Å². The van der Waals surface area contributed by atoms with Gasteiger partial charge in [0.15, 0.2) is 0 Å². The van der Waals surface area contributed by atoms with Crippen molar-refractivity contribution in [3.05, 3.63) is 58.9 Å². The first-order chi connectivity index (χ1) is 12.0. The molecule has 0 radical (unpaired) electrons. The van der Waals surface area contributed by atoms with Gasteiger partial charge in [0.05, 0.1) is 0 Å². The largest absolute Gasteiger partial charge is 0.386 e. The predicted molar refractivity (Wildman–Crippen MR) is 106 cm³/mol. The van der Waals surface area contributed by atoms with Crippen LogP contribution in [0.3, 0.4) is 0 Å². The molecule has 1 aromatic carbocycles. The van der Waals surface area contributed by atoms with Crippen molar-refractivity contribution in [1.82, 2.24) is 9.47 Å². The molecule has 25 heavy (non-hydrogen) atoms. The number of halogens is 1. The third-order valence-corrected chi connectivity index (χ3v) is 5.42. The number of aromatic nitrogens is 1. The van der Waals surface area contributed by atoms with Gasteiger partial charge in [-0.25, -0.2) is 0 Å². The van der Waals surface area contributed by atoms with Crippen molar-refractivity contribution in [2.75, 3.05) is 6.54 Å². The lowest BCUT2D eigenvalue weighted by Gasteiger charge is -2.35. The molecule has 0 fully saturated rings. The maximum Gasteiger partial charge on any atom is 0.107 e. The molecule has 0 amide bonds. The second-order valence-corrected chi connectivity index (χ2v) is 7.35. The molecule has 0 aliphatic rings. The highest BCUT2D eigenvalue weighted by Gasteiger charge is 2.23. The highest BCUT2D eigenvalue weighted by Crippen LogP contribution is 2.21. The van der Waals surface area contributed by atoms with Crippen molar-refractivity contribution in [3.8, 4) is 0 Å². The quantitative estimate of drug-likeness (QED) is 0.670. The summed E-state index contributed by atoms with van der Waals surface area (Å²) in [7, 11) is 0. The summed E-state index contributed by atoms with van der Waals surface area (Å²) >= 11 is 5.97. The molecule has 1 aromatic heterocycles. The number of hydrogen-bond acceptors (Lipinski definition) is 2. The standard InChI is InChI=1S/C21H31ClN2O/c1-5-16(3)24(17(4)6-2)15-21(25)20-8-7-13-23(20)14-18-9-11-19(22)12-10-18/h7-13,16-17,21,25H,5-6,14-15H2,1-4H3. The fourth-order valence-corrected chi connectivity index (χ4v) is 3.34. The molecular weight excluding hydrogens is 332 g/mol. The number of aliphatic hydroxyl groups is 1. The molecule has 138 valence electrons. The summed E-state index contributed by atoms with van der Waals surface area (Å²) in [5.74, 6) is 0. The zero-order chi connectivity index (χ0) is 18.4. The van der Waals surface area contributed by atoms with Crippen LogP contribution in [-0.2, 0) is 6.54 Å². The van der Waals surface area contributed by atoms with Gasteiger partial charge >= 0.3 is 0 Å². The maximum absolute atomic E-state index is 10.9. The van der Waals surface area contributed by atoms with E-state index in [0.717, 1.165) is 30.1 Å². The fourth-order valence-electron chi connectivity index (χ4n) is 3.22. The van der Waals surface area contributed by atoms with Crippen LogP contribution in [0.5, 0.6) is 0 Å². The van der Waals surface area contributed by atoms with E-state index < -0.39 is 6.10 Å². The van der Waals surface area contributed by atoms with Crippen LogP contribution in [0.1, 0.15) is 57.9 Å². The van der Waals surface area contributed by atoms with Crippen LogP contribution < -0.4 is 0 Å². The van der Waals surface area contributed by atoms with Crippen molar-refractivity contribution < 1.29 is 5.11 Å². The first-order valence-corrected chi connectivity index (χ1v) is 9.67. The molecule has 0 aliphatic heterocycles. The number of hydrogen-bond donors (Lipinski definition) is 1. The molecule has 0 saturated carbocycles. The van der Waals surface area contributed by atoms with Gasteiger partial charge in [0.2, 0.25) is 0 Å². The Labute approximate surface area is 157 Å². The molecule has 3 atom stereocenters. The van der Waals surface area contributed by atoms with E-state index in [9.17, 15) is 5.11 Å². The Balaban J connectivity index is 2.12. The van der Waals surface area contributed by atoms with Gasteiger partial charge in [-0.3, -0.25) is 4.90 Å². The van der Waals surface area contributed by atoms with Gasteiger partial charge < -0.3 is 9.67 Å². The van der Waals surface area contributed by atoms with Crippen molar-refractivity contribution >= 4 is 11.6 Å². The molecular formula is C21H31ClN2O. The number of benzene rings is 1. The Bertz CT molecular complexity index is 628.